The van der Waals surface area contributed by atoms with Crippen LogP contribution in [-0.4, -0.2) is 12.6 Å². The van der Waals surface area contributed by atoms with Crippen LogP contribution in [0.3, 0.4) is 0 Å². The smallest absolute Gasteiger partial charge is 0.119 e. The van der Waals surface area contributed by atoms with Gasteiger partial charge in [-0.1, -0.05) is 40.0 Å². The largest absolute Gasteiger partial charge is 0.493 e. The first-order valence-electron chi connectivity index (χ1n) is 7.52. The van der Waals surface area contributed by atoms with E-state index in [0.29, 0.717) is 6.04 Å². The molecule has 0 aliphatic heterocycles. The Morgan fingerprint density at radius 3 is 2.26 bits per heavy atom. The molecule has 1 fully saturated rings. The van der Waals surface area contributed by atoms with Gasteiger partial charge in [-0.2, -0.15) is 0 Å². The fraction of sp³-hybridized carbons (Fsp3) is 0.647. The van der Waals surface area contributed by atoms with Gasteiger partial charge in [0.05, 0.1) is 6.61 Å². The van der Waals surface area contributed by atoms with Gasteiger partial charge in [-0.15, -0.1) is 0 Å². The van der Waals surface area contributed by atoms with Crippen LogP contribution in [0.15, 0.2) is 24.3 Å². The molecule has 1 aromatic carbocycles. The first kappa shape index (κ1) is 14.2. The predicted molar refractivity (Wildman–Crippen MR) is 81.9 cm³/mol. The predicted octanol–water partition coefficient (Wildman–Crippen LogP) is 4.86. The van der Waals surface area contributed by atoms with Crippen LogP contribution in [0.5, 0.6) is 5.75 Å². The molecule has 0 bridgehead atoms. The molecule has 2 heteroatoms. The second-order valence-electron chi connectivity index (χ2n) is 6.85. The SMILES string of the molecule is CC(C)(C)COc1ccc(NC2CCCCC2)cc1. The molecule has 0 atom stereocenters. The third kappa shape index (κ3) is 5.14. The molecular weight excluding hydrogens is 234 g/mol. The van der Waals surface area contributed by atoms with Crippen molar-refractivity contribution in [3.05, 3.63) is 24.3 Å². The Bertz CT molecular complexity index is 371. The van der Waals surface area contributed by atoms with Crippen molar-refractivity contribution in [3.8, 4) is 5.75 Å². The first-order valence-corrected chi connectivity index (χ1v) is 7.52. The maximum Gasteiger partial charge on any atom is 0.119 e. The molecule has 106 valence electrons. The van der Waals surface area contributed by atoms with E-state index in [9.17, 15) is 0 Å². The summed E-state index contributed by atoms with van der Waals surface area (Å²) in [6, 6.07) is 9.06. The third-order valence-corrected chi connectivity index (χ3v) is 3.50. The fourth-order valence-electron chi connectivity index (χ4n) is 2.43. The van der Waals surface area contributed by atoms with Gasteiger partial charge in [0.2, 0.25) is 0 Å². The molecule has 0 aromatic heterocycles. The molecule has 1 aliphatic carbocycles. The van der Waals surface area contributed by atoms with E-state index in [1.54, 1.807) is 0 Å². The lowest BCUT2D eigenvalue weighted by atomic mass is 9.95. The molecule has 2 nitrogen and oxygen atoms in total. The highest BCUT2D eigenvalue weighted by Gasteiger charge is 2.13. The average Bonchev–Trinajstić information content (AvgIpc) is 2.38. The summed E-state index contributed by atoms with van der Waals surface area (Å²) in [5.74, 6) is 0.962. The molecular formula is C17H27NO. The van der Waals surface area contributed by atoms with Crippen molar-refractivity contribution in [2.45, 2.75) is 58.9 Å². The Morgan fingerprint density at radius 2 is 1.68 bits per heavy atom. The zero-order valence-corrected chi connectivity index (χ0v) is 12.5. The topological polar surface area (TPSA) is 21.3 Å². The van der Waals surface area contributed by atoms with E-state index in [1.807, 2.05) is 0 Å². The van der Waals surface area contributed by atoms with Crippen molar-refractivity contribution in [1.29, 1.82) is 0 Å². The van der Waals surface area contributed by atoms with Gasteiger partial charge in [0.1, 0.15) is 5.75 Å². The molecule has 1 N–H and O–H groups in total. The maximum absolute atomic E-state index is 5.79. The maximum atomic E-state index is 5.79. The summed E-state index contributed by atoms with van der Waals surface area (Å²) in [6.07, 6.45) is 6.75. The monoisotopic (exact) mass is 261 g/mol. The number of rotatable bonds is 4. The van der Waals surface area contributed by atoms with E-state index in [4.69, 9.17) is 4.74 Å². The molecule has 0 heterocycles. The van der Waals surface area contributed by atoms with E-state index in [2.05, 4.69) is 50.4 Å². The summed E-state index contributed by atoms with van der Waals surface area (Å²) in [5.41, 5.74) is 1.42. The van der Waals surface area contributed by atoms with Crippen LogP contribution in [-0.2, 0) is 0 Å². The Morgan fingerprint density at radius 1 is 1.05 bits per heavy atom. The lowest BCUT2D eigenvalue weighted by Gasteiger charge is -2.24. The average molecular weight is 261 g/mol. The minimum Gasteiger partial charge on any atom is -0.493 e. The Kier molecular flexibility index (Phi) is 4.73. The van der Waals surface area contributed by atoms with Gasteiger partial charge in [0.15, 0.2) is 0 Å². The van der Waals surface area contributed by atoms with Crippen molar-refractivity contribution in [2.24, 2.45) is 5.41 Å². The van der Waals surface area contributed by atoms with Gasteiger partial charge in [0.25, 0.3) is 0 Å². The molecule has 1 aliphatic rings. The van der Waals surface area contributed by atoms with E-state index in [1.165, 1.54) is 37.8 Å². The molecule has 19 heavy (non-hydrogen) atoms. The summed E-state index contributed by atoms with van der Waals surface area (Å²) in [6.45, 7) is 7.31. The van der Waals surface area contributed by atoms with Gasteiger partial charge in [-0.05, 0) is 42.5 Å². The summed E-state index contributed by atoms with van der Waals surface area (Å²) < 4.78 is 5.79. The van der Waals surface area contributed by atoms with Crippen LogP contribution < -0.4 is 10.1 Å². The molecule has 1 saturated carbocycles. The number of anilines is 1. The zero-order valence-electron chi connectivity index (χ0n) is 12.5. The van der Waals surface area contributed by atoms with E-state index in [0.717, 1.165) is 12.4 Å². The standard InChI is InChI=1S/C17H27NO/c1-17(2,3)13-19-16-11-9-15(10-12-16)18-14-7-5-4-6-8-14/h9-12,14,18H,4-8,13H2,1-3H3. The number of hydrogen-bond donors (Lipinski definition) is 1. The van der Waals surface area contributed by atoms with Crippen molar-refractivity contribution in [2.75, 3.05) is 11.9 Å². The number of benzene rings is 1. The lowest BCUT2D eigenvalue weighted by molar-refractivity contribution is 0.198. The third-order valence-electron chi connectivity index (χ3n) is 3.50. The van der Waals surface area contributed by atoms with Crippen LogP contribution in [0.1, 0.15) is 52.9 Å². The molecule has 0 amide bonds. The first-order chi connectivity index (χ1) is 9.03. The van der Waals surface area contributed by atoms with Crippen LogP contribution in [0.4, 0.5) is 5.69 Å². The van der Waals surface area contributed by atoms with Crippen molar-refractivity contribution in [3.63, 3.8) is 0 Å². The quantitative estimate of drug-likeness (QED) is 0.836. The number of hydrogen-bond acceptors (Lipinski definition) is 2. The van der Waals surface area contributed by atoms with Gasteiger partial charge in [0, 0.05) is 11.7 Å². The van der Waals surface area contributed by atoms with E-state index in [-0.39, 0.29) is 5.41 Å². The number of nitrogens with one attached hydrogen (secondary N) is 1. The second kappa shape index (κ2) is 6.31. The highest BCUT2D eigenvalue weighted by Crippen LogP contribution is 2.24. The van der Waals surface area contributed by atoms with Crippen molar-refractivity contribution >= 4 is 5.69 Å². The normalized spacial score (nSPS) is 17.2. The second-order valence-corrected chi connectivity index (χ2v) is 6.85. The Balaban J connectivity index is 1.83. The van der Waals surface area contributed by atoms with Crippen molar-refractivity contribution < 1.29 is 4.74 Å². The summed E-state index contributed by atoms with van der Waals surface area (Å²) in [7, 11) is 0. The lowest BCUT2D eigenvalue weighted by Crippen LogP contribution is -2.22. The van der Waals surface area contributed by atoms with Crippen LogP contribution >= 0.6 is 0 Å². The van der Waals surface area contributed by atoms with Crippen molar-refractivity contribution in [1.82, 2.24) is 0 Å². The minimum atomic E-state index is 0.207. The zero-order chi connectivity index (χ0) is 13.7. The van der Waals surface area contributed by atoms with Gasteiger partial charge in [-0.3, -0.25) is 0 Å². The van der Waals surface area contributed by atoms with E-state index >= 15 is 0 Å². The summed E-state index contributed by atoms with van der Waals surface area (Å²) >= 11 is 0. The van der Waals surface area contributed by atoms with Crippen LogP contribution in [0, 0.1) is 5.41 Å². The van der Waals surface area contributed by atoms with Crippen LogP contribution in [0.2, 0.25) is 0 Å². The molecule has 0 saturated heterocycles. The minimum absolute atomic E-state index is 0.207. The van der Waals surface area contributed by atoms with Gasteiger partial charge >= 0.3 is 0 Å². The fourth-order valence-corrected chi connectivity index (χ4v) is 2.43. The van der Waals surface area contributed by atoms with Gasteiger partial charge < -0.3 is 10.1 Å². The summed E-state index contributed by atoms with van der Waals surface area (Å²) in [5, 5.41) is 3.62. The summed E-state index contributed by atoms with van der Waals surface area (Å²) in [4.78, 5) is 0. The van der Waals surface area contributed by atoms with E-state index < -0.39 is 0 Å². The highest BCUT2D eigenvalue weighted by molar-refractivity contribution is 5.47. The Labute approximate surface area is 117 Å². The van der Waals surface area contributed by atoms with Crippen LogP contribution in [0.25, 0.3) is 0 Å². The number of ether oxygens (including phenoxy) is 1. The highest BCUT2D eigenvalue weighted by atomic mass is 16.5. The molecule has 2 rings (SSSR count). The molecule has 1 aromatic rings. The molecule has 0 radical (unpaired) electrons. The molecule has 0 unspecified atom stereocenters. The van der Waals surface area contributed by atoms with Gasteiger partial charge in [-0.25, -0.2) is 0 Å². The Hall–Kier alpha value is -1.18. The molecule has 0 spiro atoms.